The number of carbonyl (C=O) groups excluding carboxylic acids is 1. The van der Waals surface area contributed by atoms with Crippen molar-refractivity contribution in [1.29, 1.82) is 0 Å². The van der Waals surface area contributed by atoms with Gasteiger partial charge in [-0.25, -0.2) is 0 Å². The first-order valence-electron chi connectivity index (χ1n) is 21.1. The van der Waals surface area contributed by atoms with Crippen LogP contribution in [0.2, 0.25) is 0 Å². The number of ether oxygens (including phenoxy) is 2. The number of aliphatic hydroxyl groups excluding tert-OH is 1. The minimum atomic E-state index is -0.533. The fourth-order valence-electron chi connectivity index (χ4n) is 6.04. The Balaban J connectivity index is 3.42. The number of carbonyl (C=O) groups is 1. The molecule has 1 N–H and O–H groups in total. The van der Waals surface area contributed by atoms with Crippen LogP contribution in [0.3, 0.4) is 0 Å². The standard InChI is InChI=1S/C44H82O4/c1-3-5-7-9-11-13-15-17-18-19-20-21-22-23-24-25-26-27-28-30-32-34-36-38-40-47-42-43(41-45)48-44(46)39-37-35-33-31-29-16-14-12-10-8-6-4-2/h15,17,19-20,22-23,43,45H,3-14,16,18,21,24-42H2,1-2H3/b17-15-,20-19-,23-22-. The van der Waals surface area contributed by atoms with Crippen LogP contribution < -0.4 is 0 Å². The summed E-state index contributed by atoms with van der Waals surface area (Å²) in [6.45, 7) is 5.33. The van der Waals surface area contributed by atoms with Crippen molar-refractivity contribution in [1.82, 2.24) is 0 Å². The zero-order valence-corrected chi connectivity index (χ0v) is 32.3. The van der Waals surface area contributed by atoms with Gasteiger partial charge < -0.3 is 14.6 Å². The maximum atomic E-state index is 12.1. The number of aliphatic hydroxyl groups is 1. The molecule has 0 saturated carbocycles. The second kappa shape index (κ2) is 41.8. The van der Waals surface area contributed by atoms with Crippen LogP contribution in [0.25, 0.3) is 0 Å². The normalized spacial score (nSPS) is 12.6. The highest BCUT2D eigenvalue weighted by atomic mass is 16.6. The van der Waals surface area contributed by atoms with Gasteiger partial charge in [0.2, 0.25) is 0 Å². The smallest absolute Gasteiger partial charge is 0.306 e. The molecule has 0 aliphatic rings. The largest absolute Gasteiger partial charge is 0.457 e. The third kappa shape index (κ3) is 39.1. The maximum Gasteiger partial charge on any atom is 0.306 e. The molecule has 4 heteroatoms. The van der Waals surface area contributed by atoms with E-state index in [4.69, 9.17) is 9.47 Å². The van der Waals surface area contributed by atoms with Crippen LogP contribution in [0.5, 0.6) is 0 Å². The first-order valence-corrected chi connectivity index (χ1v) is 21.1. The van der Waals surface area contributed by atoms with Crippen LogP contribution in [0.15, 0.2) is 36.5 Å². The van der Waals surface area contributed by atoms with Crippen molar-refractivity contribution in [2.45, 2.75) is 219 Å². The van der Waals surface area contributed by atoms with Gasteiger partial charge >= 0.3 is 5.97 Å². The van der Waals surface area contributed by atoms with E-state index in [1.807, 2.05) is 0 Å². The molecule has 0 fully saturated rings. The van der Waals surface area contributed by atoms with Crippen LogP contribution in [0.4, 0.5) is 0 Å². The van der Waals surface area contributed by atoms with E-state index in [1.54, 1.807) is 0 Å². The highest BCUT2D eigenvalue weighted by Crippen LogP contribution is 2.14. The molecule has 1 unspecified atom stereocenters. The van der Waals surface area contributed by atoms with Crippen LogP contribution in [-0.2, 0) is 14.3 Å². The molecule has 0 rings (SSSR count). The van der Waals surface area contributed by atoms with E-state index in [0.29, 0.717) is 19.6 Å². The van der Waals surface area contributed by atoms with Gasteiger partial charge in [0.25, 0.3) is 0 Å². The quantitative estimate of drug-likeness (QED) is 0.0400. The van der Waals surface area contributed by atoms with E-state index < -0.39 is 6.10 Å². The predicted octanol–water partition coefficient (Wildman–Crippen LogP) is 13.7. The molecular weight excluding hydrogens is 592 g/mol. The van der Waals surface area contributed by atoms with Crippen molar-refractivity contribution < 1.29 is 19.4 Å². The molecule has 4 nitrogen and oxygen atoms in total. The molecule has 48 heavy (non-hydrogen) atoms. The van der Waals surface area contributed by atoms with Crippen LogP contribution in [0.1, 0.15) is 213 Å². The first-order chi connectivity index (χ1) is 23.7. The summed E-state index contributed by atoms with van der Waals surface area (Å²) in [4.78, 5) is 12.1. The Morgan fingerprint density at radius 2 is 0.875 bits per heavy atom. The molecule has 0 heterocycles. The summed E-state index contributed by atoms with van der Waals surface area (Å²) in [7, 11) is 0. The van der Waals surface area contributed by atoms with Crippen LogP contribution in [0, 0.1) is 0 Å². The minimum Gasteiger partial charge on any atom is -0.457 e. The Kier molecular flexibility index (Phi) is 40.6. The Hall–Kier alpha value is -1.39. The van der Waals surface area contributed by atoms with Gasteiger partial charge in [0.05, 0.1) is 13.2 Å². The second-order valence-electron chi connectivity index (χ2n) is 14.1. The van der Waals surface area contributed by atoms with Crippen LogP contribution in [-0.4, -0.2) is 37.0 Å². The number of hydrogen-bond acceptors (Lipinski definition) is 4. The van der Waals surface area contributed by atoms with Crippen molar-refractivity contribution >= 4 is 5.97 Å². The molecule has 0 aliphatic carbocycles. The molecule has 0 radical (unpaired) electrons. The summed E-state index contributed by atoms with van der Waals surface area (Å²) in [6, 6.07) is 0. The number of esters is 1. The molecule has 0 aliphatic heterocycles. The van der Waals surface area contributed by atoms with E-state index in [-0.39, 0.29) is 12.6 Å². The summed E-state index contributed by atoms with van der Waals surface area (Å²) in [5.41, 5.74) is 0. The third-order valence-electron chi connectivity index (χ3n) is 9.22. The monoisotopic (exact) mass is 675 g/mol. The molecule has 0 spiro atoms. The second-order valence-corrected chi connectivity index (χ2v) is 14.1. The lowest BCUT2D eigenvalue weighted by Crippen LogP contribution is -2.27. The molecule has 0 bridgehead atoms. The van der Waals surface area contributed by atoms with Crippen molar-refractivity contribution in [3.05, 3.63) is 36.5 Å². The molecule has 0 saturated heterocycles. The van der Waals surface area contributed by atoms with Crippen molar-refractivity contribution in [2.24, 2.45) is 0 Å². The third-order valence-corrected chi connectivity index (χ3v) is 9.22. The van der Waals surface area contributed by atoms with Crippen molar-refractivity contribution in [3.63, 3.8) is 0 Å². The molecular formula is C44H82O4. The summed E-state index contributed by atoms with van der Waals surface area (Å²) in [5, 5.41) is 9.58. The Morgan fingerprint density at radius 1 is 0.500 bits per heavy atom. The summed E-state index contributed by atoms with van der Waals surface area (Å²) >= 11 is 0. The van der Waals surface area contributed by atoms with E-state index in [2.05, 4.69) is 50.3 Å². The molecule has 0 aromatic carbocycles. The number of hydrogen-bond donors (Lipinski definition) is 1. The zero-order valence-electron chi connectivity index (χ0n) is 32.3. The lowest BCUT2D eigenvalue weighted by atomic mass is 10.0. The molecule has 282 valence electrons. The Labute approximate surface area is 300 Å². The fourth-order valence-corrected chi connectivity index (χ4v) is 6.04. The minimum absolute atomic E-state index is 0.171. The lowest BCUT2D eigenvalue weighted by molar-refractivity contribution is -0.154. The maximum absolute atomic E-state index is 12.1. The van der Waals surface area contributed by atoms with Gasteiger partial charge in [-0.2, -0.15) is 0 Å². The van der Waals surface area contributed by atoms with Gasteiger partial charge in [0, 0.05) is 13.0 Å². The fraction of sp³-hybridized carbons (Fsp3) is 0.841. The molecule has 1 atom stereocenters. The highest BCUT2D eigenvalue weighted by Gasteiger charge is 2.13. The van der Waals surface area contributed by atoms with Crippen LogP contribution >= 0.6 is 0 Å². The average molecular weight is 675 g/mol. The van der Waals surface area contributed by atoms with Gasteiger partial charge in [0.1, 0.15) is 6.10 Å². The first kappa shape index (κ1) is 46.6. The van der Waals surface area contributed by atoms with E-state index in [9.17, 15) is 9.90 Å². The molecule has 0 aromatic rings. The summed E-state index contributed by atoms with van der Waals surface area (Å²) in [6.07, 6.45) is 52.0. The average Bonchev–Trinajstić information content (AvgIpc) is 3.09. The van der Waals surface area contributed by atoms with Crippen molar-refractivity contribution in [2.75, 3.05) is 19.8 Å². The van der Waals surface area contributed by atoms with Gasteiger partial charge in [-0.05, 0) is 51.4 Å². The Morgan fingerprint density at radius 3 is 1.31 bits per heavy atom. The predicted molar refractivity (Wildman–Crippen MR) is 210 cm³/mol. The van der Waals surface area contributed by atoms with Gasteiger partial charge in [-0.3, -0.25) is 4.79 Å². The molecule has 0 amide bonds. The van der Waals surface area contributed by atoms with E-state index >= 15 is 0 Å². The molecule has 0 aromatic heterocycles. The SMILES string of the molecule is CCCCCCC/C=C\C/C=C\C/C=C\CCCCCCCCCCCOCC(CO)OC(=O)CCCCCCCCCCCCCC. The van der Waals surface area contributed by atoms with Gasteiger partial charge in [-0.15, -0.1) is 0 Å². The van der Waals surface area contributed by atoms with E-state index in [1.165, 1.54) is 161 Å². The highest BCUT2D eigenvalue weighted by molar-refractivity contribution is 5.69. The Bertz CT molecular complexity index is 713. The summed E-state index contributed by atoms with van der Waals surface area (Å²) < 4.78 is 11.1. The summed E-state index contributed by atoms with van der Waals surface area (Å²) in [5.74, 6) is -0.202. The zero-order chi connectivity index (χ0) is 34.9. The number of unbranched alkanes of at least 4 members (excludes halogenated alkanes) is 25. The number of allylic oxidation sites excluding steroid dienone is 6. The van der Waals surface area contributed by atoms with Gasteiger partial charge in [0.15, 0.2) is 0 Å². The van der Waals surface area contributed by atoms with Gasteiger partial charge in [-0.1, -0.05) is 192 Å². The van der Waals surface area contributed by atoms with Crippen molar-refractivity contribution in [3.8, 4) is 0 Å². The lowest BCUT2D eigenvalue weighted by Gasteiger charge is -2.16. The van der Waals surface area contributed by atoms with E-state index in [0.717, 1.165) is 32.1 Å². The topological polar surface area (TPSA) is 55.8 Å². The number of rotatable bonds is 39.